The van der Waals surface area contributed by atoms with Crippen LogP contribution in [0.15, 0.2) is 48.8 Å². The van der Waals surface area contributed by atoms with Crippen molar-refractivity contribution in [1.82, 2.24) is 9.88 Å². The van der Waals surface area contributed by atoms with E-state index in [2.05, 4.69) is 4.98 Å². The summed E-state index contributed by atoms with van der Waals surface area (Å²) in [7, 11) is 0. The molecule has 128 valence electrons. The summed E-state index contributed by atoms with van der Waals surface area (Å²) in [6, 6.07) is 9.66. The van der Waals surface area contributed by atoms with E-state index in [0.717, 1.165) is 0 Å². The molecule has 0 aliphatic carbocycles. The van der Waals surface area contributed by atoms with Crippen molar-refractivity contribution in [3.63, 3.8) is 0 Å². The van der Waals surface area contributed by atoms with Crippen LogP contribution in [0.2, 0.25) is 0 Å². The summed E-state index contributed by atoms with van der Waals surface area (Å²) in [5, 5.41) is 0. The number of benzene rings is 1. The standard InChI is InChI=1S/C17H17F3N2O2/c1-2-22(12-9-17(18,19)20)16(23)13-3-5-14(6-4-13)24-15-7-10-21-11-8-15/h3-8,10-11H,2,9,12H2,1H3. The number of halogens is 3. The molecular formula is C17H17F3N2O2. The Kier molecular flexibility index (Phi) is 5.78. The number of ether oxygens (including phenoxy) is 1. The number of rotatable bonds is 6. The minimum Gasteiger partial charge on any atom is -0.457 e. The molecule has 0 fully saturated rings. The summed E-state index contributed by atoms with van der Waals surface area (Å²) in [4.78, 5) is 17.3. The van der Waals surface area contributed by atoms with E-state index >= 15 is 0 Å². The molecule has 0 aliphatic rings. The van der Waals surface area contributed by atoms with Crippen molar-refractivity contribution in [2.24, 2.45) is 0 Å². The topological polar surface area (TPSA) is 42.4 Å². The number of nitrogens with zero attached hydrogens (tertiary/aromatic N) is 2. The van der Waals surface area contributed by atoms with E-state index in [-0.39, 0.29) is 13.1 Å². The number of alkyl halides is 3. The third-order valence-electron chi connectivity index (χ3n) is 3.32. The van der Waals surface area contributed by atoms with Crippen LogP contribution in [0.3, 0.4) is 0 Å². The molecule has 0 unspecified atom stereocenters. The van der Waals surface area contributed by atoms with E-state index < -0.39 is 18.5 Å². The third-order valence-corrected chi connectivity index (χ3v) is 3.32. The van der Waals surface area contributed by atoms with Gasteiger partial charge in [-0.05, 0) is 43.3 Å². The maximum Gasteiger partial charge on any atom is 0.390 e. The van der Waals surface area contributed by atoms with Crippen molar-refractivity contribution in [1.29, 1.82) is 0 Å². The fourth-order valence-electron chi connectivity index (χ4n) is 2.06. The predicted molar refractivity (Wildman–Crippen MR) is 83.0 cm³/mol. The second-order valence-electron chi connectivity index (χ2n) is 5.06. The number of amides is 1. The van der Waals surface area contributed by atoms with Crippen LogP contribution in [0.4, 0.5) is 13.2 Å². The number of carbonyl (C=O) groups is 1. The molecule has 1 heterocycles. The molecule has 1 amide bonds. The highest BCUT2D eigenvalue weighted by Crippen LogP contribution is 2.22. The summed E-state index contributed by atoms with van der Waals surface area (Å²) in [6.45, 7) is 1.51. The van der Waals surface area contributed by atoms with Crippen LogP contribution in [-0.4, -0.2) is 35.1 Å². The molecule has 0 atom stereocenters. The van der Waals surface area contributed by atoms with E-state index in [4.69, 9.17) is 4.74 Å². The van der Waals surface area contributed by atoms with Gasteiger partial charge in [0.05, 0.1) is 6.42 Å². The van der Waals surface area contributed by atoms with Crippen LogP contribution in [0.5, 0.6) is 11.5 Å². The minimum atomic E-state index is -4.28. The lowest BCUT2D eigenvalue weighted by molar-refractivity contribution is -0.136. The summed E-state index contributed by atoms with van der Waals surface area (Å²) in [6.07, 6.45) is -2.12. The first-order valence-corrected chi connectivity index (χ1v) is 7.43. The summed E-state index contributed by atoms with van der Waals surface area (Å²) in [5.41, 5.74) is 0.320. The van der Waals surface area contributed by atoms with Crippen LogP contribution in [0.1, 0.15) is 23.7 Å². The smallest absolute Gasteiger partial charge is 0.390 e. The van der Waals surface area contributed by atoms with E-state index in [0.29, 0.717) is 17.1 Å². The van der Waals surface area contributed by atoms with Crippen molar-refractivity contribution in [2.45, 2.75) is 19.5 Å². The molecule has 0 aliphatic heterocycles. The van der Waals surface area contributed by atoms with Gasteiger partial charge in [-0.15, -0.1) is 0 Å². The quantitative estimate of drug-likeness (QED) is 0.789. The number of hydrogen-bond acceptors (Lipinski definition) is 3. The van der Waals surface area contributed by atoms with Crippen LogP contribution < -0.4 is 4.74 Å². The fourth-order valence-corrected chi connectivity index (χ4v) is 2.06. The maximum atomic E-state index is 12.3. The number of aromatic nitrogens is 1. The highest BCUT2D eigenvalue weighted by molar-refractivity contribution is 5.94. The predicted octanol–water partition coefficient (Wildman–Crippen LogP) is 4.29. The van der Waals surface area contributed by atoms with Gasteiger partial charge in [-0.1, -0.05) is 0 Å². The van der Waals surface area contributed by atoms with Gasteiger partial charge >= 0.3 is 6.18 Å². The van der Waals surface area contributed by atoms with Gasteiger partial charge in [-0.2, -0.15) is 13.2 Å². The lowest BCUT2D eigenvalue weighted by Gasteiger charge is -2.21. The molecular weight excluding hydrogens is 321 g/mol. The first-order valence-electron chi connectivity index (χ1n) is 7.43. The van der Waals surface area contributed by atoms with E-state index in [1.165, 1.54) is 17.0 Å². The maximum absolute atomic E-state index is 12.3. The molecule has 0 spiro atoms. The van der Waals surface area contributed by atoms with Crippen molar-refractivity contribution in [2.75, 3.05) is 13.1 Å². The molecule has 0 radical (unpaired) electrons. The van der Waals surface area contributed by atoms with Gasteiger partial charge in [-0.25, -0.2) is 0 Å². The van der Waals surface area contributed by atoms with Gasteiger partial charge in [0.1, 0.15) is 11.5 Å². The van der Waals surface area contributed by atoms with E-state index in [1.54, 1.807) is 43.6 Å². The van der Waals surface area contributed by atoms with Gasteiger partial charge in [0.25, 0.3) is 5.91 Å². The highest BCUT2D eigenvalue weighted by atomic mass is 19.4. The molecule has 0 N–H and O–H groups in total. The van der Waals surface area contributed by atoms with Gasteiger partial charge in [0.15, 0.2) is 0 Å². The molecule has 2 aromatic rings. The Morgan fingerprint density at radius 3 is 2.21 bits per heavy atom. The molecule has 24 heavy (non-hydrogen) atoms. The number of pyridine rings is 1. The Labute approximate surface area is 137 Å². The Morgan fingerprint density at radius 1 is 1.08 bits per heavy atom. The molecule has 1 aromatic carbocycles. The Morgan fingerprint density at radius 2 is 1.67 bits per heavy atom. The molecule has 2 rings (SSSR count). The first kappa shape index (κ1) is 17.8. The highest BCUT2D eigenvalue weighted by Gasteiger charge is 2.28. The minimum absolute atomic E-state index is 0.212. The largest absolute Gasteiger partial charge is 0.457 e. The van der Waals surface area contributed by atoms with Crippen LogP contribution >= 0.6 is 0 Å². The molecule has 1 aromatic heterocycles. The van der Waals surface area contributed by atoms with Gasteiger partial charge in [0, 0.05) is 31.0 Å². The Bertz CT molecular complexity index is 658. The zero-order valence-corrected chi connectivity index (χ0v) is 13.1. The molecule has 7 heteroatoms. The van der Waals surface area contributed by atoms with Crippen molar-refractivity contribution >= 4 is 5.91 Å². The Hall–Kier alpha value is -2.57. The second kappa shape index (κ2) is 7.81. The number of carbonyl (C=O) groups excluding carboxylic acids is 1. The van der Waals surface area contributed by atoms with Gasteiger partial charge in [0.2, 0.25) is 0 Å². The van der Waals surface area contributed by atoms with E-state index in [1.807, 2.05) is 0 Å². The zero-order chi connectivity index (χ0) is 17.6. The van der Waals surface area contributed by atoms with Crippen LogP contribution in [0, 0.1) is 0 Å². The number of hydrogen-bond donors (Lipinski definition) is 0. The van der Waals surface area contributed by atoms with E-state index in [9.17, 15) is 18.0 Å². The normalized spacial score (nSPS) is 11.2. The molecule has 0 saturated carbocycles. The molecule has 0 saturated heterocycles. The average molecular weight is 338 g/mol. The van der Waals surface area contributed by atoms with Gasteiger partial charge < -0.3 is 9.64 Å². The lowest BCUT2D eigenvalue weighted by Crippen LogP contribution is -2.34. The summed E-state index contributed by atoms with van der Waals surface area (Å²) in [5.74, 6) is 0.692. The van der Waals surface area contributed by atoms with Crippen molar-refractivity contribution < 1.29 is 22.7 Å². The molecule has 4 nitrogen and oxygen atoms in total. The first-order chi connectivity index (χ1) is 11.4. The van der Waals surface area contributed by atoms with Crippen LogP contribution in [0.25, 0.3) is 0 Å². The molecule has 0 bridgehead atoms. The lowest BCUT2D eigenvalue weighted by atomic mass is 10.2. The zero-order valence-electron chi connectivity index (χ0n) is 13.1. The monoisotopic (exact) mass is 338 g/mol. The third kappa shape index (κ3) is 5.26. The van der Waals surface area contributed by atoms with Crippen LogP contribution in [-0.2, 0) is 0 Å². The second-order valence-corrected chi connectivity index (χ2v) is 5.06. The SMILES string of the molecule is CCN(CCC(F)(F)F)C(=O)c1ccc(Oc2ccncc2)cc1. The fraction of sp³-hybridized carbons (Fsp3) is 0.294. The summed E-state index contributed by atoms with van der Waals surface area (Å²) >= 11 is 0. The Balaban J connectivity index is 2.01. The summed E-state index contributed by atoms with van der Waals surface area (Å²) < 4.78 is 42.5. The van der Waals surface area contributed by atoms with Crippen molar-refractivity contribution in [3.05, 3.63) is 54.4 Å². The van der Waals surface area contributed by atoms with Gasteiger partial charge in [-0.3, -0.25) is 9.78 Å². The van der Waals surface area contributed by atoms with Crippen molar-refractivity contribution in [3.8, 4) is 11.5 Å². The average Bonchev–Trinajstić information content (AvgIpc) is 2.56.